The highest BCUT2D eigenvalue weighted by Gasteiger charge is 2.23. The highest BCUT2D eigenvalue weighted by Crippen LogP contribution is 2.25. The van der Waals surface area contributed by atoms with Gasteiger partial charge in [0.05, 0.1) is 11.0 Å². The lowest BCUT2D eigenvalue weighted by Gasteiger charge is -2.17. The number of para-hydroxylation sites is 2. The van der Waals surface area contributed by atoms with Crippen molar-refractivity contribution in [3.05, 3.63) is 59.0 Å². The van der Waals surface area contributed by atoms with Crippen LogP contribution in [0.4, 0.5) is 11.5 Å². The molecular formula is C22H22N6O2S. The number of fused-ring (bicyclic) bond motifs is 3. The molecule has 1 aliphatic heterocycles. The van der Waals surface area contributed by atoms with E-state index in [0.29, 0.717) is 22.7 Å². The van der Waals surface area contributed by atoms with Crippen LogP contribution < -0.4 is 15.9 Å². The van der Waals surface area contributed by atoms with Crippen LogP contribution >= 0.6 is 11.8 Å². The molecule has 2 aromatic heterocycles. The maximum Gasteiger partial charge on any atom is 0.351 e. The molecule has 1 amide bonds. The van der Waals surface area contributed by atoms with Gasteiger partial charge < -0.3 is 10.2 Å². The highest BCUT2D eigenvalue weighted by atomic mass is 32.2. The van der Waals surface area contributed by atoms with Gasteiger partial charge in [-0.2, -0.15) is 0 Å². The van der Waals surface area contributed by atoms with E-state index < -0.39 is 0 Å². The van der Waals surface area contributed by atoms with Crippen molar-refractivity contribution in [3.8, 4) is 0 Å². The Morgan fingerprint density at radius 1 is 1.13 bits per heavy atom. The molecule has 158 valence electrons. The molecule has 3 heterocycles. The zero-order chi connectivity index (χ0) is 21.4. The molecule has 8 nitrogen and oxygen atoms in total. The third-order valence-electron chi connectivity index (χ3n) is 5.44. The summed E-state index contributed by atoms with van der Waals surface area (Å²) in [4.78, 5) is 33.9. The van der Waals surface area contributed by atoms with Gasteiger partial charge >= 0.3 is 5.69 Å². The Kier molecular flexibility index (Phi) is 5.11. The van der Waals surface area contributed by atoms with Crippen LogP contribution in [-0.2, 0) is 11.3 Å². The number of rotatable bonds is 5. The van der Waals surface area contributed by atoms with E-state index in [1.54, 1.807) is 16.2 Å². The summed E-state index contributed by atoms with van der Waals surface area (Å²) < 4.78 is 2.79. The van der Waals surface area contributed by atoms with Gasteiger partial charge in [-0.25, -0.2) is 18.9 Å². The van der Waals surface area contributed by atoms with Gasteiger partial charge in [0.25, 0.3) is 0 Å². The lowest BCUT2D eigenvalue weighted by molar-refractivity contribution is -0.117. The van der Waals surface area contributed by atoms with E-state index in [9.17, 15) is 9.59 Å². The summed E-state index contributed by atoms with van der Waals surface area (Å²) >= 11 is 1.60. The summed E-state index contributed by atoms with van der Waals surface area (Å²) in [6.07, 6.45) is 4.15. The van der Waals surface area contributed by atoms with Gasteiger partial charge in [-0.3, -0.25) is 4.79 Å². The molecular weight excluding hydrogens is 412 g/mol. The second kappa shape index (κ2) is 8.07. The first-order valence-electron chi connectivity index (χ1n) is 10.2. The van der Waals surface area contributed by atoms with E-state index in [0.717, 1.165) is 36.3 Å². The smallest absolute Gasteiger partial charge is 0.351 e. The fourth-order valence-corrected chi connectivity index (χ4v) is 4.42. The molecule has 0 bridgehead atoms. The van der Waals surface area contributed by atoms with E-state index in [4.69, 9.17) is 4.98 Å². The van der Waals surface area contributed by atoms with E-state index in [1.807, 2.05) is 54.8 Å². The van der Waals surface area contributed by atoms with Gasteiger partial charge in [0.15, 0.2) is 5.82 Å². The fourth-order valence-electron chi connectivity index (χ4n) is 3.96. The molecule has 1 saturated heterocycles. The number of hydrogen-bond acceptors (Lipinski definition) is 6. The van der Waals surface area contributed by atoms with Gasteiger partial charge in [-0.1, -0.05) is 18.2 Å². The molecule has 4 aromatic rings. The molecule has 1 N–H and O–H groups in total. The van der Waals surface area contributed by atoms with Crippen molar-refractivity contribution in [2.45, 2.75) is 24.3 Å². The number of aromatic nitrogens is 4. The second-order valence-corrected chi connectivity index (χ2v) is 8.38. The molecule has 0 radical (unpaired) electrons. The Labute approximate surface area is 182 Å². The average Bonchev–Trinajstić information content (AvgIpc) is 3.42. The standard InChI is InChI=1S/C22H22N6O2S/c1-31-16-8-6-7-15(13-16)23-19(29)14-27-22(30)28-18-10-3-2-9-17(18)24-20(21(28)25-27)26-11-4-5-12-26/h2-3,6-10,13H,4-5,11-12,14H2,1H3,(H,23,29). The molecule has 9 heteroatoms. The summed E-state index contributed by atoms with van der Waals surface area (Å²) in [6, 6.07) is 15.1. The second-order valence-electron chi connectivity index (χ2n) is 7.50. The monoisotopic (exact) mass is 434 g/mol. The van der Waals surface area contributed by atoms with Gasteiger partial charge in [0, 0.05) is 23.7 Å². The molecule has 31 heavy (non-hydrogen) atoms. The van der Waals surface area contributed by atoms with E-state index in [-0.39, 0.29) is 18.1 Å². The number of thioether (sulfide) groups is 1. The summed E-state index contributed by atoms with van der Waals surface area (Å²) in [6.45, 7) is 1.60. The maximum absolute atomic E-state index is 13.2. The fraction of sp³-hybridized carbons (Fsp3) is 0.273. The van der Waals surface area contributed by atoms with Gasteiger partial charge in [-0.05, 0) is 49.4 Å². The zero-order valence-corrected chi connectivity index (χ0v) is 17.9. The first-order valence-corrected chi connectivity index (χ1v) is 11.4. The maximum atomic E-state index is 13.2. The van der Waals surface area contributed by atoms with Crippen molar-refractivity contribution in [1.82, 2.24) is 19.2 Å². The molecule has 1 aliphatic rings. The third kappa shape index (κ3) is 3.65. The molecule has 5 rings (SSSR count). The number of carbonyl (C=O) groups is 1. The summed E-state index contributed by atoms with van der Waals surface area (Å²) in [5.41, 5.74) is 2.25. The minimum atomic E-state index is -0.345. The molecule has 0 aliphatic carbocycles. The number of benzene rings is 2. The average molecular weight is 435 g/mol. The van der Waals surface area contributed by atoms with Gasteiger partial charge in [0.2, 0.25) is 11.6 Å². The van der Waals surface area contributed by atoms with Crippen molar-refractivity contribution in [3.63, 3.8) is 0 Å². The number of hydrogen-bond donors (Lipinski definition) is 1. The molecule has 0 spiro atoms. The van der Waals surface area contributed by atoms with Gasteiger partial charge in [-0.15, -0.1) is 16.9 Å². The Balaban J connectivity index is 1.54. The number of nitrogens with zero attached hydrogens (tertiary/aromatic N) is 5. The first-order chi connectivity index (χ1) is 15.1. The molecule has 0 unspecified atom stereocenters. The topological polar surface area (TPSA) is 84.5 Å². The Hall–Kier alpha value is -3.33. The third-order valence-corrected chi connectivity index (χ3v) is 6.17. The van der Waals surface area contributed by atoms with Crippen LogP contribution in [0.3, 0.4) is 0 Å². The van der Waals surface area contributed by atoms with Crippen LogP contribution in [0.2, 0.25) is 0 Å². The van der Waals surface area contributed by atoms with Crippen molar-refractivity contribution in [2.24, 2.45) is 0 Å². The number of carbonyl (C=O) groups excluding carboxylic acids is 1. The lowest BCUT2D eigenvalue weighted by Crippen LogP contribution is -2.28. The summed E-state index contributed by atoms with van der Waals surface area (Å²) in [5.74, 6) is 0.392. The first kappa shape index (κ1) is 19.6. The SMILES string of the molecule is CSc1cccc(NC(=O)Cn2nc3c(N4CCCC4)nc4ccccc4n3c2=O)c1. The van der Waals surface area contributed by atoms with Crippen LogP contribution in [0.1, 0.15) is 12.8 Å². The van der Waals surface area contributed by atoms with Crippen LogP contribution in [0.5, 0.6) is 0 Å². The number of nitrogens with one attached hydrogen (secondary N) is 1. The Morgan fingerprint density at radius 2 is 1.94 bits per heavy atom. The molecule has 0 atom stereocenters. The van der Waals surface area contributed by atoms with E-state index in [1.165, 1.54) is 4.68 Å². The van der Waals surface area contributed by atoms with Crippen molar-refractivity contribution >= 4 is 45.9 Å². The summed E-state index contributed by atoms with van der Waals surface area (Å²) in [7, 11) is 0. The Bertz CT molecular complexity index is 1340. The minimum Gasteiger partial charge on any atom is -0.353 e. The predicted octanol–water partition coefficient (Wildman–Crippen LogP) is 3.01. The Morgan fingerprint density at radius 3 is 2.74 bits per heavy atom. The van der Waals surface area contributed by atoms with Crippen LogP contribution in [0.25, 0.3) is 16.7 Å². The van der Waals surface area contributed by atoms with E-state index >= 15 is 0 Å². The molecule has 0 saturated carbocycles. The van der Waals surface area contributed by atoms with Crippen molar-refractivity contribution in [1.29, 1.82) is 0 Å². The van der Waals surface area contributed by atoms with E-state index in [2.05, 4.69) is 15.3 Å². The zero-order valence-electron chi connectivity index (χ0n) is 17.1. The lowest BCUT2D eigenvalue weighted by atomic mass is 10.3. The summed E-state index contributed by atoms with van der Waals surface area (Å²) in [5, 5.41) is 7.38. The normalized spacial score (nSPS) is 13.9. The van der Waals surface area contributed by atoms with Crippen LogP contribution in [0, 0.1) is 0 Å². The quantitative estimate of drug-likeness (QED) is 0.486. The van der Waals surface area contributed by atoms with Crippen molar-refractivity contribution < 1.29 is 4.79 Å². The van der Waals surface area contributed by atoms with Crippen molar-refractivity contribution in [2.75, 3.05) is 29.6 Å². The minimum absolute atomic E-state index is 0.169. The molecule has 2 aromatic carbocycles. The van der Waals surface area contributed by atoms with Gasteiger partial charge in [0.1, 0.15) is 6.54 Å². The van der Waals surface area contributed by atoms with Crippen LogP contribution in [-0.4, -0.2) is 44.4 Å². The van der Waals surface area contributed by atoms with Crippen LogP contribution in [0.15, 0.2) is 58.2 Å². The highest BCUT2D eigenvalue weighted by molar-refractivity contribution is 7.98. The predicted molar refractivity (Wildman–Crippen MR) is 123 cm³/mol. The largest absolute Gasteiger partial charge is 0.353 e. The number of anilines is 2. The number of amides is 1. The molecule has 1 fully saturated rings.